The number of rotatable bonds is 6. The Kier molecular flexibility index (Phi) is 6.38. The van der Waals surface area contributed by atoms with Crippen LogP contribution in [0.25, 0.3) is 0 Å². The van der Waals surface area contributed by atoms with Crippen LogP contribution in [0.2, 0.25) is 0 Å². The Hall–Kier alpha value is -0.0800. The third-order valence-corrected chi connectivity index (χ3v) is 2.21. The minimum Gasteiger partial charge on any atom is -0.378 e. The molecule has 14 heavy (non-hydrogen) atoms. The average Bonchev–Trinajstić information content (AvgIpc) is 2.00. The van der Waals surface area contributed by atoms with E-state index >= 15 is 0 Å². The molecule has 0 fully saturated rings. The summed E-state index contributed by atoms with van der Waals surface area (Å²) in [7, 11) is 0. The maximum absolute atomic E-state index is 5.64. The Morgan fingerprint density at radius 3 is 2.21 bits per heavy atom. The van der Waals surface area contributed by atoms with Crippen molar-refractivity contribution in [1.29, 1.82) is 0 Å². The molecular formula is C12H27NO. The van der Waals surface area contributed by atoms with Gasteiger partial charge in [-0.2, -0.15) is 0 Å². The van der Waals surface area contributed by atoms with Gasteiger partial charge in [-0.25, -0.2) is 0 Å². The SMILES string of the molecule is CCC(C)OCCC(C)NC(C)(C)C. The lowest BCUT2D eigenvalue weighted by molar-refractivity contribution is 0.0567. The van der Waals surface area contributed by atoms with Crippen LogP contribution in [0.5, 0.6) is 0 Å². The third-order valence-electron chi connectivity index (χ3n) is 2.21. The van der Waals surface area contributed by atoms with Gasteiger partial charge in [-0.15, -0.1) is 0 Å². The van der Waals surface area contributed by atoms with Gasteiger partial charge in [-0.05, 0) is 47.5 Å². The van der Waals surface area contributed by atoms with Crippen molar-refractivity contribution in [3.8, 4) is 0 Å². The summed E-state index contributed by atoms with van der Waals surface area (Å²) in [6, 6.07) is 0.527. The molecule has 0 aliphatic rings. The Morgan fingerprint density at radius 1 is 1.21 bits per heavy atom. The van der Waals surface area contributed by atoms with Crippen molar-refractivity contribution in [2.75, 3.05) is 6.61 Å². The molecule has 2 heteroatoms. The molecule has 1 N–H and O–H groups in total. The summed E-state index contributed by atoms with van der Waals surface area (Å²) in [4.78, 5) is 0. The Balaban J connectivity index is 3.50. The molecule has 0 spiro atoms. The van der Waals surface area contributed by atoms with Gasteiger partial charge in [0.15, 0.2) is 0 Å². The van der Waals surface area contributed by atoms with E-state index in [0.29, 0.717) is 12.1 Å². The lowest BCUT2D eigenvalue weighted by Crippen LogP contribution is -2.42. The van der Waals surface area contributed by atoms with Crippen LogP contribution < -0.4 is 5.32 Å². The molecule has 0 aliphatic carbocycles. The van der Waals surface area contributed by atoms with Crippen LogP contribution in [0.1, 0.15) is 54.4 Å². The second-order valence-corrected chi connectivity index (χ2v) is 5.17. The zero-order valence-electron chi connectivity index (χ0n) is 10.7. The molecule has 0 heterocycles. The highest BCUT2D eigenvalue weighted by Crippen LogP contribution is 2.04. The third kappa shape index (κ3) is 8.52. The molecule has 2 atom stereocenters. The average molecular weight is 201 g/mol. The molecule has 0 bridgehead atoms. The van der Waals surface area contributed by atoms with Gasteiger partial charge in [0.2, 0.25) is 0 Å². The maximum Gasteiger partial charge on any atom is 0.0544 e. The fourth-order valence-corrected chi connectivity index (χ4v) is 1.38. The lowest BCUT2D eigenvalue weighted by atomic mass is 10.1. The molecule has 86 valence electrons. The van der Waals surface area contributed by atoms with Crippen LogP contribution in [0.15, 0.2) is 0 Å². The molecule has 2 nitrogen and oxygen atoms in total. The van der Waals surface area contributed by atoms with Crippen molar-refractivity contribution in [3.05, 3.63) is 0 Å². The van der Waals surface area contributed by atoms with Crippen molar-refractivity contribution in [3.63, 3.8) is 0 Å². The predicted octanol–water partition coefficient (Wildman–Crippen LogP) is 2.97. The monoisotopic (exact) mass is 201 g/mol. The molecule has 0 aromatic heterocycles. The van der Waals surface area contributed by atoms with Crippen LogP contribution in [-0.2, 0) is 4.74 Å². The molecular weight excluding hydrogens is 174 g/mol. The first-order chi connectivity index (χ1) is 6.35. The van der Waals surface area contributed by atoms with Gasteiger partial charge >= 0.3 is 0 Å². The molecule has 0 rings (SSSR count). The van der Waals surface area contributed by atoms with Crippen LogP contribution in [0.4, 0.5) is 0 Å². The minimum atomic E-state index is 0.204. The summed E-state index contributed by atoms with van der Waals surface area (Å²) in [5, 5.41) is 3.53. The van der Waals surface area contributed by atoms with Crippen LogP contribution in [0.3, 0.4) is 0 Å². The Morgan fingerprint density at radius 2 is 1.79 bits per heavy atom. The van der Waals surface area contributed by atoms with Crippen LogP contribution in [0, 0.1) is 0 Å². The highest BCUT2D eigenvalue weighted by atomic mass is 16.5. The first kappa shape index (κ1) is 13.9. The summed E-state index contributed by atoms with van der Waals surface area (Å²) < 4.78 is 5.64. The van der Waals surface area contributed by atoms with E-state index in [4.69, 9.17) is 4.74 Å². The predicted molar refractivity (Wildman–Crippen MR) is 62.7 cm³/mol. The normalized spacial score (nSPS) is 16.7. The van der Waals surface area contributed by atoms with Gasteiger partial charge in [0, 0.05) is 18.2 Å². The minimum absolute atomic E-state index is 0.204. The quantitative estimate of drug-likeness (QED) is 0.713. The smallest absolute Gasteiger partial charge is 0.0544 e. The summed E-state index contributed by atoms with van der Waals surface area (Å²) in [5.41, 5.74) is 0.204. The fourth-order valence-electron chi connectivity index (χ4n) is 1.38. The summed E-state index contributed by atoms with van der Waals surface area (Å²) in [5.74, 6) is 0. The van der Waals surface area contributed by atoms with E-state index in [2.05, 4.69) is 46.9 Å². The molecule has 0 aliphatic heterocycles. The van der Waals surface area contributed by atoms with E-state index in [-0.39, 0.29) is 5.54 Å². The largest absolute Gasteiger partial charge is 0.378 e. The summed E-state index contributed by atoms with van der Waals surface area (Å²) in [6.07, 6.45) is 2.58. The second kappa shape index (κ2) is 6.41. The van der Waals surface area contributed by atoms with Crippen molar-refractivity contribution >= 4 is 0 Å². The van der Waals surface area contributed by atoms with E-state index in [1.165, 1.54) is 0 Å². The number of ether oxygens (including phenoxy) is 1. The number of nitrogens with one attached hydrogen (secondary N) is 1. The molecule has 0 saturated heterocycles. The van der Waals surface area contributed by atoms with Crippen molar-refractivity contribution in [1.82, 2.24) is 5.32 Å². The van der Waals surface area contributed by atoms with Crippen molar-refractivity contribution in [2.45, 2.75) is 72.1 Å². The zero-order valence-corrected chi connectivity index (χ0v) is 10.7. The topological polar surface area (TPSA) is 21.3 Å². The van der Waals surface area contributed by atoms with E-state index in [1.54, 1.807) is 0 Å². The van der Waals surface area contributed by atoms with Gasteiger partial charge in [0.1, 0.15) is 0 Å². The van der Waals surface area contributed by atoms with Gasteiger partial charge in [0.25, 0.3) is 0 Å². The molecule has 0 saturated carbocycles. The van der Waals surface area contributed by atoms with Gasteiger partial charge in [0.05, 0.1) is 6.10 Å². The number of hydrogen-bond donors (Lipinski definition) is 1. The molecule has 0 aromatic carbocycles. The zero-order chi connectivity index (χ0) is 11.2. The highest BCUT2D eigenvalue weighted by Gasteiger charge is 2.13. The summed E-state index contributed by atoms with van der Waals surface area (Å²) in [6.45, 7) is 13.9. The molecule has 0 radical (unpaired) electrons. The summed E-state index contributed by atoms with van der Waals surface area (Å²) >= 11 is 0. The van der Waals surface area contributed by atoms with E-state index < -0.39 is 0 Å². The number of hydrogen-bond acceptors (Lipinski definition) is 2. The van der Waals surface area contributed by atoms with E-state index in [9.17, 15) is 0 Å². The fraction of sp³-hybridized carbons (Fsp3) is 1.00. The molecule has 0 aromatic rings. The standard InChI is InChI=1S/C12H27NO/c1-7-11(3)14-9-8-10(2)13-12(4,5)6/h10-11,13H,7-9H2,1-6H3. The lowest BCUT2D eigenvalue weighted by Gasteiger charge is -2.26. The second-order valence-electron chi connectivity index (χ2n) is 5.17. The maximum atomic E-state index is 5.64. The first-order valence-corrected chi connectivity index (χ1v) is 5.74. The Labute approximate surface area is 89.4 Å². The van der Waals surface area contributed by atoms with E-state index in [0.717, 1.165) is 19.4 Å². The van der Waals surface area contributed by atoms with Crippen molar-refractivity contribution in [2.24, 2.45) is 0 Å². The van der Waals surface area contributed by atoms with Crippen LogP contribution in [-0.4, -0.2) is 24.3 Å². The highest BCUT2D eigenvalue weighted by molar-refractivity contribution is 4.74. The van der Waals surface area contributed by atoms with Crippen LogP contribution >= 0.6 is 0 Å². The van der Waals surface area contributed by atoms with Gasteiger partial charge in [-0.1, -0.05) is 6.92 Å². The van der Waals surface area contributed by atoms with Crippen molar-refractivity contribution < 1.29 is 4.74 Å². The first-order valence-electron chi connectivity index (χ1n) is 5.74. The van der Waals surface area contributed by atoms with E-state index in [1.807, 2.05) is 0 Å². The van der Waals surface area contributed by atoms with Gasteiger partial charge < -0.3 is 10.1 Å². The molecule has 0 amide bonds. The Bertz CT molecular complexity index is 140. The molecule has 2 unspecified atom stereocenters. The van der Waals surface area contributed by atoms with Gasteiger partial charge in [-0.3, -0.25) is 0 Å².